The van der Waals surface area contributed by atoms with E-state index in [4.69, 9.17) is 14.9 Å². The molecule has 0 saturated carbocycles. The fraction of sp³-hybridized carbons (Fsp3) is 0.400. The summed E-state index contributed by atoms with van der Waals surface area (Å²) in [5.41, 5.74) is -0.323. The van der Waals surface area contributed by atoms with Gasteiger partial charge in [-0.25, -0.2) is 4.79 Å². The van der Waals surface area contributed by atoms with Crippen molar-refractivity contribution >= 4 is 25.3 Å². The molecule has 1 aliphatic rings. The third kappa shape index (κ3) is 2.73. The molecule has 13 heavy (non-hydrogen) atoms. The van der Waals surface area contributed by atoms with E-state index in [2.05, 4.69) is 5.32 Å². The third-order valence-corrected chi connectivity index (χ3v) is 3.38. The highest BCUT2D eigenvalue weighted by molar-refractivity contribution is 8.02. The molecule has 1 rings (SSSR count). The topological polar surface area (TPSA) is 107 Å². The van der Waals surface area contributed by atoms with Crippen LogP contribution in [0.15, 0.2) is 10.8 Å². The minimum Gasteiger partial charge on any atom is -0.480 e. The summed E-state index contributed by atoms with van der Waals surface area (Å²) >= 11 is 1.07. The fourth-order valence-electron chi connectivity index (χ4n) is 0.763. The molecule has 1 atom stereocenters. The first kappa shape index (κ1) is 10.6. The Hall–Kier alpha value is -0.490. The molecule has 0 aromatic rings. The van der Waals surface area contributed by atoms with Gasteiger partial charge in [-0.15, -0.1) is 11.8 Å². The summed E-state index contributed by atoms with van der Waals surface area (Å²) in [5, 5.41) is 12.1. The van der Waals surface area contributed by atoms with Crippen LogP contribution in [0.5, 0.6) is 0 Å². The third-order valence-electron chi connectivity index (χ3n) is 1.39. The quantitative estimate of drug-likeness (QED) is 0.480. The molecule has 0 bridgehead atoms. The second-order valence-electron chi connectivity index (χ2n) is 2.42. The number of carbonyl (C=O) groups is 1. The monoisotopic (exact) mass is 225 g/mol. The van der Waals surface area contributed by atoms with Crippen LogP contribution in [0.25, 0.3) is 0 Å². The molecule has 0 amide bonds. The number of rotatable bonds is 2. The number of aliphatic carboxylic acids is 1. The summed E-state index contributed by atoms with van der Waals surface area (Å²) in [7, 11) is -4.35. The van der Waals surface area contributed by atoms with Crippen molar-refractivity contribution in [2.75, 3.05) is 5.75 Å². The number of nitrogens with one attached hydrogen (secondary N) is 1. The van der Waals surface area contributed by atoms with E-state index in [0.29, 0.717) is 0 Å². The van der Waals surface area contributed by atoms with E-state index < -0.39 is 19.6 Å². The molecule has 0 radical (unpaired) electrons. The van der Waals surface area contributed by atoms with Crippen LogP contribution in [-0.4, -0.2) is 32.7 Å². The van der Waals surface area contributed by atoms with Crippen LogP contribution >= 0.6 is 19.4 Å². The van der Waals surface area contributed by atoms with Crippen molar-refractivity contribution in [3.8, 4) is 0 Å². The summed E-state index contributed by atoms with van der Waals surface area (Å²) in [4.78, 5) is 27.9. The van der Waals surface area contributed by atoms with Crippen molar-refractivity contribution in [3.63, 3.8) is 0 Å². The highest BCUT2D eigenvalue weighted by atomic mass is 32.2. The molecule has 0 unspecified atom stereocenters. The van der Waals surface area contributed by atoms with E-state index in [1.165, 1.54) is 5.41 Å². The Labute approximate surface area is 78.2 Å². The van der Waals surface area contributed by atoms with Gasteiger partial charge in [0.25, 0.3) is 0 Å². The second kappa shape index (κ2) is 3.71. The molecule has 74 valence electrons. The normalized spacial score (nSPS) is 23.2. The summed E-state index contributed by atoms with van der Waals surface area (Å²) in [5.74, 6) is -0.856. The van der Waals surface area contributed by atoms with Crippen molar-refractivity contribution in [3.05, 3.63) is 10.8 Å². The fourth-order valence-corrected chi connectivity index (χ4v) is 2.60. The molecule has 6 nitrogen and oxygen atoms in total. The number of carboxylic acids is 1. The first-order chi connectivity index (χ1) is 5.91. The molecule has 0 spiro atoms. The van der Waals surface area contributed by atoms with Gasteiger partial charge in [0.2, 0.25) is 0 Å². The Kier molecular flexibility index (Phi) is 3.02. The van der Waals surface area contributed by atoms with Crippen LogP contribution in [0, 0.1) is 0 Å². The molecular formula is C5H8NO5PS. The smallest absolute Gasteiger partial charge is 0.372 e. The Bertz CT molecular complexity index is 297. The molecule has 1 aliphatic heterocycles. The van der Waals surface area contributed by atoms with Gasteiger partial charge in [0, 0.05) is 11.2 Å². The molecule has 0 aromatic carbocycles. The number of hydrogen-bond donors (Lipinski definition) is 4. The van der Waals surface area contributed by atoms with Gasteiger partial charge in [-0.05, 0) is 0 Å². The summed E-state index contributed by atoms with van der Waals surface area (Å²) < 4.78 is 10.7. The van der Waals surface area contributed by atoms with Crippen molar-refractivity contribution in [1.82, 2.24) is 5.32 Å². The zero-order chi connectivity index (χ0) is 10.1. The number of hydrogen-bond acceptors (Lipinski definition) is 4. The van der Waals surface area contributed by atoms with Gasteiger partial charge in [-0.3, -0.25) is 4.57 Å². The summed E-state index contributed by atoms with van der Waals surface area (Å²) in [6.45, 7) is 0. The largest absolute Gasteiger partial charge is 0.480 e. The lowest BCUT2D eigenvalue weighted by Crippen LogP contribution is -2.39. The van der Waals surface area contributed by atoms with E-state index in [1.54, 1.807) is 0 Å². The predicted octanol–water partition coefficient (Wildman–Crippen LogP) is -0.247. The molecule has 4 N–H and O–H groups in total. The highest BCUT2D eigenvalue weighted by Crippen LogP contribution is 2.45. The van der Waals surface area contributed by atoms with Gasteiger partial charge in [0.1, 0.15) is 11.5 Å². The Morgan fingerprint density at radius 3 is 2.77 bits per heavy atom. The van der Waals surface area contributed by atoms with Crippen molar-refractivity contribution in [2.24, 2.45) is 0 Å². The molecule has 0 aliphatic carbocycles. The minimum atomic E-state index is -4.35. The Morgan fingerprint density at radius 2 is 2.31 bits per heavy atom. The summed E-state index contributed by atoms with van der Waals surface area (Å²) in [6.07, 6.45) is 0. The van der Waals surface area contributed by atoms with Gasteiger partial charge in [0.05, 0.1) is 0 Å². The van der Waals surface area contributed by atoms with Crippen molar-refractivity contribution < 1.29 is 24.3 Å². The standard InChI is InChI=1S/C5H8NO5PS/c7-5(8)3-1-13-2-4(6-3)12(9,10)11/h2-3,6H,1H2,(H,7,8)(H2,9,10,11)/t3-/m0/s1. The van der Waals surface area contributed by atoms with Crippen LogP contribution < -0.4 is 5.32 Å². The average molecular weight is 225 g/mol. The van der Waals surface area contributed by atoms with E-state index in [-0.39, 0.29) is 11.2 Å². The lowest BCUT2D eigenvalue weighted by atomic mass is 10.3. The zero-order valence-corrected chi connectivity index (χ0v) is 8.09. The van der Waals surface area contributed by atoms with Crippen molar-refractivity contribution in [2.45, 2.75) is 6.04 Å². The van der Waals surface area contributed by atoms with Gasteiger partial charge >= 0.3 is 13.6 Å². The van der Waals surface area contributed by atoms with Crippen LogP contribution in [-0.2, 0) is 9.36 Å². The highest BCUT2D eigenvalue weighted by Gasteiger charge is 2.29. The molecule has 0 aromatic heterocycles. The van der Waals surface area contributed by atoms with Gasteiger partial charge in [-0.1, -0.05) is 0 Å². The number of carboxylic acid groups (broad SMARTS) is 1. The molecular weight excluding hydrogens is 217 g/mol. The van der Waals surface area contributed by atoms with E-state index in [1.807, 2.05) is 0 Å². The second-order valence-corrected chi connectivity index (χ2v) is 4.89. The summed E-state index contributed by atoms with van der Waals surface area (Å²) in [6, 6.07) is -0.933. The van der Waals surface area contributed by atoms with Gasteiger partial charge < -0.3 is 20.2 Å². The lowest BCUT2D eigenvalue weighted by molar-refractivity contribution is -0.138. The van der Waals surface area contributed by atoms with E-state index in [0.717, 1.165) is 11.8 Å². The van der Waals surface area contributed by atoms with Crippen LogP contribution in [0.4, 0.5) is 0 Å². The Morgan fingerprint density at radius 1 is 1.69 bits per heavy atom. The molecule has 1 heterocycles. The van der Waals surface area contributed by atoms with Crippen LogP contribution in [0.2, 0.25) is 0 Å². The van der Waals surface area contributed by atoms with Crippen molar-refractivity contribution in [1.29, 1.82) is 0 Å². The predicted molar refractivity (Wildman–Crippen MR) is 47.1 cm³/mol. The first-order valence-electron chi connectivity index (χ1n) is 3.28. The van der Waals surface area contributed by atoms with Gasteiger partial charge in [-0.2, -0.15) is 0 Å². The van der Waals surface area contributed by atoms with E-state index >= 15 is 0 Å². The molecule has 0 fully saturated rings. The van der Waals surface area contributed by atoms with Gasteiger partial charge in [0.15, 0.2) is 0 Å². The minimum absolute atomic E-state index is 0.263. The molecule has 0 saturated heterocycles. The van der Waals surface area contributed by atoms with E-state index in [9.17, 15) is 9.36 Å². The number of thioether (sulfide) groups is 1. The van der Waals surface area contributed by atoms with Crippen LogP contribution in [0.1, 0.15) is 0 Å². The average Bonchev–Trinajstić information content (AvgIpc) is 2.03. The molecule has 8 heteroatoms. The lowest BCUT2D eigenvalue weighted by Gasteiger charge is -2.21. The first-order valence-corrected chi connectivity index (χ1v) is 5.94. The van der Waals surface area contributed by atoms with Crippen LogP contribution in [0.3, 0.4) is 0 Å². The SMILES string of the molecule is O=C(O)[C@@H]1CSC=C(P(=O)(O)O)N1. The maximum absolute atomic E-state index is 10.7. The maximum atomic E-state index is 10.7. The zero-order valence-electron chi connectivity index (χ0n) is 6.38. The Balaban J connectivity index is 2.76. The maximum Gasteiger partial charge on any atom is 0.372 e.